The zero-order valence-electron chi connectivity index (χ0n) is 12.6. The molecule has 1 heterocycles. The van der Waals surface area contributed by atoms with E-state index in [1.54, 1.807) is 0 Å². The molecule has 0 bridgehead atoms. The van der Waals surface area contributed by atoms with Gasteiger partial charge in [0, 0.05) is 17.0 Å². The van der Waals surface area contributed by atoms with Crippen LogP contribution in [0.4, 0.5) is 18.3 Å². The molecule has 0 aromatic carbocycles. The summed E-state index contributed by atoms with van der Waals surface area (Å²) >= 11 is 1.39. The van der Waals surface area contributed by atoms with Crippen LogP contribution in [0.5, 0.6) is 0 Å². The van der Waals surface area contributed by atoms with Gasteiger partial charge in [0.05, 0.1) is 5.69 Å². The topological polar surface area (TPSA) is 28.2 Å². The Balaban J connectivity index is 2.15. The van der Waals surface area contributed by atoms with Crippen LogP contribution in [0.2, 0.25) is 0 Å². The van der Waals surface area contributed by atoms with Crippen molar-refractivity contribution in [3.63, 3.8) is 0 Å². The first-order valence-corrected chi connectivity index (χ1v) is 8.17. The normalized spacial score (nSPS) is 17.0. The molecule has 7 heteroatoms. The Morgan fingerprint density at radius 3 is 2.62 bits per heavy atom. The maximum absolute atomic E-state index is 12.7. The van der Waals surface area contributed by atoms with Gasteiger partial charge in [-0.25, -0.2) is 4.98 Å². The van der Waals surface area contributed by atoms with E-state index in [1.807, 2.05) is 13.8 Å². The molecule has 1 unspecified atom stereocenters. The molecule has 1 saturated carbocycles. The Hall–Kier alpha value is -0.820. The standard InChI is InChI=1S/C14H22F3N3S/c1-4-7-18-9(2)12-10(3)19-13(21-12)20(11-5-6-11)8-14(15,16)17/h9,11,18H,4-8H2,1-3H3. The van der Waals surface area contributed by atoms with Crippen molar-refractivity contribution in [2.45, 2.75) is 58.3 Å². The molecule has 0 aliphatic heterocycles. The van der Waals surface area contributed by atoms with Gasteiger partial charge in [0.15, 0.2) is 5.13 Å². The lowest BCUT2D eigenvalue weighted by Gasteiger charge is -2.22. The van der Waals surface area contributed by atoms with Gasteiger partial charge in [-0.1, -0.05) is 18.3 Å². The monoisotopic (exact) mass is 321 g/mol. The molecule has 120 valence electrons. The minimum absolute atomic E-state index is 0.00364. The molecule has 1 fully saturated rings. The van der Waals surface area contributed by atoms with E-state index < -0.39 is 12.7 Å². The van der Waals surface area contributed by atoms with E-state index in [0.29, 0.717) is 5.13 Å². The van der Waals surface area contributed by atoms with Gasteiger partial charge in [-0.05, 0) is 39.7 Å². The van der Waals surface area contributed by atoms with Crippen LogP contribution in [0.1, 0.15) is 49.7 Å². The van der Waals surface area contributed by atoms with Crippen molar-refractivity contribution in [1.82, 2.24) is 10.3 Å². The highest BCUT2D eigenvalue weighted by atomic mass is 32.1. The summed E-state index contributed by atoms with van der Waals surface area (Å²) in [6.45, 7) is 5.98. The minimum atomic E-state index is -4.19. The molecule has 0 saturated heterocycles. The van der Waals surface area contributed by atoms with E-state index >= 15 is 0 Å². The zero-order chi connectivity index (χ0) is 15.6. The number of rotatable bonds is 7. The summed E-state index contributed by atoms with van der Waals surface area (Å²) in [7, 11) is 0. The Kier molecular flexibility index (Phi) is 5.14. The quantitative estimate of drug-likeness (QED) is 0.821. The van der Waals surface area contributed by atoms with Crippen LogP contribution < -0.4 is 10.2 Å². The highest BCUT2D eigenvalue weighted by molar-refractivity contribution is 7.15. The van der Waals surface area contributed by atoms with Crippen molar-refractivity contribution >= 4 is 16.5 Å². The van der Waals surface area contributed by atoms with Crippen molar-refractivity contribution in [3.8, 4) is 0 Å². The van der Waals surface area contributed by atoms with Crippen molar-refractivity contribution in [2.75, 3.05) is 18.0 Å². The molecule has 0 spiro atoms. The molecule has 3 nitrogen and oxygen atoms in total. The van der Waals surface area contributed by atoms with E-state index in [1.165, 1.54) is 16.2 Å². The second-order valence-electron chi connectivity index (χ2n) is 5.60. The van der Waals surface area contributed by atoms with Gasteiger partial charge in [0.2, 0.25) is 0 Å². The number of hydrogen-bond acceptors (Lipinski definition) is 4. The predicted octanol–water partition coefficient (Wildman–Crippen LogP) is 4.04. The molecule has 1 aromatic heterocycles. The predicted molar refractivity (Wildman–Crippen MR) is 80.0 cm³/mol. The molecular weight excluding hydrogens is 299 g/mol. The van der Waals surface area contributed by atoms with Crippen molar-refractivity contribution in [3.05, 3.63) is 10.6 Å². The van der Waals surface area contributed by atoms with Crippen LogP contribution in [0.15, 0.2) is 0 Å². The summed E-state index contributed by atoms with van der Waals surface area (Å²) in [4.78, 5) is 6.85. The van der Waals surface area contributed by atoms with Gasteiger partial charge >= 0.3 is 6.18 Å². The fourth-order valence-electron chi connectivity index (χ4n) is 2.30. The molecular formula is C14H22F3N3S. The molecule has 1 N–H and O–H groups in total. The molecule has 1 aliphatic rings. The lowest BCUT2D eigenvalue weighted by molar-refractivity contribution is -0.120. The third kappa shape index (κ3) is 4.57. The number of thiazole rings is 1. The third-order valence-electron chi connectivity index (χ3n) is 3.50. The highest BCUT2D eigenvalue weighted by Gasteiger charge is 2.39. The van der Waals surface area contributed by atoms with Gasteiger partial charge in [0.1, 0.15) is 6.54 Å². The van der Waals surface area contributed by atoms with Gasteiger partial charge in [0.25, 0.3) is 0 Å². The first kappa shape index (κ1) is 16.5. The van der Waals surface area contributed by atoms with Crippen molar-refractivity contribution in [1.29, 1.82) is 0 Å². The first-order valence-electron chi connectivity index (χ1n) is 7.36. The number of halogens is 3. The van der Waals surface area contributed by atoms with Crippen molar-refractivity contribution < 1.29 is 13.2 Å². The maximum atomic E-state index is 12.7. The fourth-order valence-corrected chi connectivity index (χ4v) is 3.47. The van der Waals surface area contributed by atoms with Crippen LogP contribution in [0, 0.1) is 6.92 Å². The second kappa shape index (κ2) is 6.52. The van der Waals surface area contributed by atoms with E-state index in [9.17, 15) is 13.2 Å². The van der Waals surface area contributed by atoms with E-state index in [-0.39, 0.29) is 12.1 Å². The summed E-state index contributed by atoms with van der Waals surface area (Å²) in [5.41, 5.74) is 0.832. The molecule has 1 aliphatic carbocycles. The molecule has 0 radical (unpaired) electrons. The lowest BCUT2D eigenvalue weighted by Crippen LogP contribution is -2.35. The second-order valence-corrected chi connectivity index (χ2v) is 6.61. The molecule has 21 heavy (non-hydrogen) atoms. The summed E-state index contributed by atoms with van der Waals surface area (Å²) in [6.07, 6.45) is -1.51. The van der Waals surface area contributed by atoms with Crippen LogP contribution in [0.3, 0.4) is 0 Å². The smallest absolute Gasteiger partial charge is 0.336 e. The van der Waals surface area contributed by atoms with Crippen LogP contribution >= 0.6 is 11.3 Å². The van der Waals surface area contributed by atoms with Crippen LogP contribution in [-0.4, -0.2) is 30.3 Å². The Morgan fingerprint density at radius 1 is 1.43 bits per heavy atom. The fraction of sp³-hybridized carbons (Fsp3) is 0.786. The van der Waals surface area contributed by atoms with Crippen LogP contribution in [-0.2, 0) is 0 Å². The molecule has 2 rings (SSSR count). The summed E-state index contributed by atoms with van der Waals surface area (Å²) in [5.74, 6) is 0. The molecule has 0 amide bonds. The summed E-state index contributed by atoms with van der Waals surface area (Å²) < 4.78 is 38.2. The average molecular weight is 321 g/mol. The summed E-state index contributed by atoms with van der Waals surface area (Å²) in [6, 6.07) is 0.132. The average Bonchev–Trinajstić information content (AvgIpc) is 3.15. The van der Waals surface area contributed by atoms with E-state index in [4.69, 9.17) is 0 Å². The number of nitrogens with one attached hydrogen (secondary N) is 1. The van der Waals surface area contributed by atoms with E-state index in [0.717, 1.165) is 36.4 Å². The summed E-state index contributed by atoms with van der Waals surface area (Å²) in [5, 5.41) is 3.87. The number of nitrogens with zero attached hydrogens (tertiary/aromatic N) is 2. The van der Waals surface area contributed by atoms with Gasteiger partial charge in [-0.15, -0.1) is 0 Å². The number of anilines is 1. The number of aryl methyl sites for hydroxylation is 1. The maximum Gasteiger partial charge on any atom is 0.406 e. The Morgan fingerprint density at radius 2 is 2.10 bits per heavy atom. The van der Waals surface area contributed by atoms with Gasteiger partial charge in [-0.2, -0.15) is 13.2 Å². The van der Waals surface area contributed by atoms with E-state index in [2.05, 4.69) is 17.2 Å². The third-order valence-corrected chi connectivity index (χ3v) is 4.88. The van der Waals surface area contributed by atoms with Gasteiger partial charge in [-0.3, -0.25) is 0 Å². The Labute approximate surface area is 127 Å². The van der Waals surface area contributed by atoms with Gasteiger partial charge < -0.3 is 10.2 Å². The largest absolute Gasteiger partial charge is 0.406 e. The lowest BCUT2D eigenvalue weighted by atomic mass is 10.2. The zero-order valence-corrected chi connectivity index (χ0v) is 13.4. The number of alkyl halides is 3. The highest BCUT2D eigenvalue weighted by Crippen LogP contribution is 2.38. The first-order chi connectivity index (χ1) is 9.81. The number of aromatic nitrogens is 1. The SMILES string of the molecule is CCCNC(C)c1sc(N(CC(F)(F)F)C2CC2)nc1C. The molecule has 1 aromatic rings. The molecule has 1 atom stereocenters. The van der Waals surface area contributed by atoms with Crippen molar-refractivity contribution in [2.24, 2.45) is 0 Å². The number of hydrogen-bond donors (Lipinski definition) is 1. The Bertz CT molecular complexity index is 469. The van der Waals surface area contributed by atoms with Crippen LogP contribution in [0.25, 0.3) is 0 Å². The minimum Gasteiger partial charge on any atom is -0.336 e.